The van der Waals surface area contributed by atoms with E-state index >= 15 is 0 Å². The van der Waals surface area contributed by atoms with Gasteiger partial charge < -0.3 is 0 Å². The second-order valence-corrected chi connectivity index (χ2v) is 16.1. The number of aromatic nitrogens is 2. The SMILES string of the molecule is c1cnc2c(n1)[Se]C(=C1SC3=C(S1)S[C@@H]1CCCC[C@@H]1S3)[Se]2. The van der Waals surface area contributed by atoms with Crippen LogP contribution in [0.2, 0.25) is 0 Å². The summed E-state index contributed by atoms with van der Waals surface area (Å²) in [4.78, 5) is 9.07. The third-order valence-electron chi connectivity index (χ3n) is 3.87. The number of thioether (sulfide) groups is 4. The van der Waals surface area contributed by atoms with Crippen molar-refractivity contribution >= 4 is 86.1 Å². The summed E-state index contributed by atoms with van der Waals surface area (Å²) in [5, 5.41) is 1.74. The van der Waals surface area contributed by atoms with Crippen LogP contribution in [0.25, 0.3) is 0 Å². The standard InChI is InChI=1S/C14H12N2S4Se2/c1-2-4-8-7(3-1)17-11-12(18-8)20-13(19-11)14-21-9-10(22-14)16-6-5-15-9/h5-8H,1-4H2/t7-,8+. The molecule has 0 spiro atoms. The Bertz CT molecular complexity index is 651. The summed E-state index contributed by atoms with van der Waals surface area (Å²) in [7, 11) is 0. The zero-order valence-electron chi connectivity index (χ0n) is 11.5. The first kappa shape index (κ1) is 15.3. The van der Waals surface area contributed by atoms with Crippen LogP contribution in [-0.4, -0.2) is 50.4 Å². The summed E-state index contributed by atoms with van der Waals surface area (Å²) < 4.78 is 8.99. The van der Waals surface area contributed by atoms with E-state index in [1.807, 2.05) is 12.4 Å². The molecule has 5 rings (SSSR count). The number of nitrogens with zero attached hydrogens (tertiary/aromatic N) is 2. The minimum absolute atomic E-state index is 0.412. The second-order valence-electron chi connectivity index (χ2n) is 5.32. The van der Waals surface area contributed by atoms with Crippen LogP contribution in [-0.2, 0) is 0 Å². The molecule has 0 aromatic carbocycles. The van der Waals surface area contributed by atoms with Gasteiger partial charge in [-0.15, -0.1) is 0 Å². The van der Waals surface area contributed by atoms with E-state index in [0.717, 1.165) is 10.5 Å². The zero-order valence-corrected chi connectivity index (χ0v) is 18.2. The van der Waals surface area contributed by atoms with Crippen LogP contribution in [0.1, 0.15) is 25.7 Å². The summed E-state index contributed by atoms with van der Waals surface area (Å²) in [5.41, 5.74) is 0. The number of hydrogen-bond donors (Lipinski definition) is 0. The maximum absolute atomic E-state index is 4.53. The Morgan fingerprint density at radius 3 is 1.91 bits per heavy atom. The summed E-state index contributed by atoms with van der Waals surface area (Å²) >= 11 is 9.30. The second kappa shape index (κ2) is 6.38. The van der Waals surface area contributed by atoms with Crippen LogP contribution in [0.3, 0.4) is 0 Å². The Balaban J connectivity index is 1.38. The molecule has 1 aromatic rings. The third kappa shape index (κ3) is 2.78. The van der Waals surface area contributed by atoms with Crippen molar-refractivity contribution in [2.24, 2.45) is 0 Å². The first-order chi connectivity index (χ1) is 10.9. The van der Waals surface area contributed by atoms with Crippen molar-refractivity contribution in [1.82, 2.24) is 9.97 Å². The maximum atomic E-state index is 4.53. The van der Waals surface area contributed by atoms with Gasteiger partial charge in [-0.2, -0.15) is 0 Å². The molecule has 0 unspecified atom stereocenters. The first-order valence-corrected chi connectivity index (χ1v) is 14.0. The fraction of sp³-hybridized carbons (Fsp3) is 0.429. The van der Waals surface area contributed by atoms with Crippen LogP contribution in [0.4, 0.5) is 0 Å². The van der Waals surface area contributed by atoms with Crippen molar-refractivity contribution in [2.75, 3.05) is 0 Å². The molecule has 22 heavy (non-hydrogen) atoms. The van der Waals surface area contributed by atoms with Crippen molar-refractivity contribution in [1.29, 1.82) is 0 Å². The van der Waals surface area contributed by atoms with Gasteiger partial charge in [0.05, 0.1) is 0 Å². The van der Waals surface area contributed by atoms with Gasteiger partial charge in [-0.25, -0.2) is 0 Å². The molecule has 0 radical (unpaired) electrons. The van der Waals surface area contributed by atoms with Gasteiger partial charge in [-0.1, -0.05) is 0 Å². The molecule has 0 saturated heterocycles. The van der Waals surface area contributed by atoms with Gasteiger partial charge in [0.15, 0.2) is 0 Å². The summed E-state index contributed by atoms with van der Waals surface area (Å²) in [6, 6.07) is 0. The fourth-order valence-electron chi connectivity index (χ4n) is 2.84. The molecule has 1 saturated carbocycles. The molecule has 4 aliphatic rings. The summed E-state index contributed by atoms with van der Waals surface area (Å²) in [5.74, 6) is 0. The van der Waals surface area contributed by atoms with E-state index in [1.165, 1.54) is 34.9 Å². The van der Waals surface area contributed by atoms with Crippen molar-refractivity contribution in [3.05, 3.63) is 28.5 Å². The number of rotatable bonds is 0. The van der Waals surface area contributed by atoms with Gasteiger partial charge >= 0.3 is 161 Å². The minimum atomic E-state index is 0.412. The van der Waals surface area contributed by atoms with E-state index in [-0.39, 0.29) is 0 Å². The average molecular weight is 494 g/mol. The number of hydrogen-bond acceptors (Lipinski definition) is 6. The molecule has 114 valence electrons. The molecule has 1 aromatic heterocycles. The van der Waals surface area contributed by atoms with Crippen LogP contribution in [0.5, 0.6) is 0 Å². The average Bonchev–Trinajstić information content (AvgIpc) is 3.15. The van der Waals surface area contributed by atoms with E-state index in [0.29, 0.717) is 29.9 Å². The monoisotopic (exact) mass is 496 g/mol. The topological polar surface area (TPSA) is 25.8 Å². The van der Waals surface area contributed by atoms with E-state index in [9.17, 15) is 0 Å². The molecule has 2 atom stereocenters. The molecule has 1 fully saturated rings. The number of fused-ring (bicyclic) bond motifs is 2. The van der Waals surface area contributed by atoms with Crippen molar-refractivity contribution < 1.29 is 0 Å². The van der Waals surface area contributed by atoms with E-state index < -0.39 is 0 Å². The molecule has 2 nitrogen and oxygen atoms in total. The zero-order chi connectivity index (χ0) is 14.5. The molecule has 1 aliphatic carbocycles. The van der Waals surface area contributed by atoms with Crippen molar-refractivity contribution in [3.63, 3.8) is 0 Å². The molecular weight excluding hydrogens is 482 g/mol. The predicted octanol–water partition coefficient (Wildman–Crippen LogP) is 2.67. The van der Waals surface area contributed by atoms with Gasteiger partial charge in [0.1, 0.15) is 0 Å². The van der Waals surface area contributed by atoms with Gasteiger partial charge in [0.2, 0.25) is 0 Å². The molecule has 4 heterocycles. The summed E-state index contributed by atoms with van der Waals surface area (Å²) in [6.07, 6.45) is 9.40. The quantitative estimate of drug-likeness (QED) is 0.515. The van der Waals surface area contributed by atoms with Gasteiger partial charge in [-0.3, -0.25) is 0 Å². The van der Waals surface area contributed by atoms with Gasteiger partial charge in [0, 0.05) is 0 Å². The van der Waals surface area contributed by atoms with Gasteiger partial charge in [-0.05, 0) is 0 Å². The van der Waals surface area contributed by atoms with Crippen molar-refractivity contribution in [2.45, 2.75) is 36.2 Å². The van der Waals surface area contributed by atoms with Gasteiger partial charge in [0.25, 0.3) is 0 Å². The Morgan fingerprint density at radius 2 is 1.36 bits per heavy atom. The first-order valence-electron chi connectivity index (χ1n) is 7.21. The molecular formula is C14H12N2S4Se2. The molecule has 0 N–H and O–H groups in total. The molecule has 0 bridgehead atoms. The van der Waals surface area contributed by atoms with E-state index in [1.54, 1.807) is 16.1 Å². The Morgan fingerprint density at radius 1 is 0.818 bits per heavy atom. The Kier molecular flexibility index (Phi) is 4.43. The Labute approximate surface area is 159 Å². The van der Waals surface area contributed by atoms with E-state index in [2.05, 4.69) is 57.0 Å². The van der Waals surface area contributed by atoms with Crippen LogP contribution in [0.15, 0.2) is 28.5 Å². The van der Waals surface area contributed by atoms with Crippen LogP contribution >= 0.6 is 47.0 Å². The molecule has 8 heteroatoms. The van der Waals surface area contributed by atoms with Crippen LogP contribution in [0, 0.1) is 0 Å². The Hall–Kier alpha value is 0.999. The third-order valence-corrected chi connectivity index (χ3v) is 17.6. The normalized spacial score (nSPS) is 30.4. The van der Waals surface area contributed by atoms with Crippen molar-refractivity contribution in [3.8, 4) is 0 Å². The predicted molar refractivity (Wildman–Crippen MR) is 103 cm³/mol. The van der Waals surface area contributed by atoms with Crippen LogP contribution < -0.4 is 9.18 Å². The molecule has 3 aliphatic heterocycles. The fourth-order valence-corrected chi connectivity index (χ4v) is 16.7. The van der Waals surface area contributed by atoms with E-state index in [4.69, 9.17) is 0 Å². The summed E-state index contributed by atoms with van der Waals surface area (Å²) in [6.45, 7) is 0. The molecule has 0 amide bonds.